The van der Waals surface area contributed by atoms with Gasteiger partial charge in [-0.2, -0.15) is 15.0 Å². The Morgan fingerprint density at radius 3 is 3.10 bits per heavy atom. The maximum atomic E-state index is 11.8. The molecule has 3 heterocycles. The van der Waals surface area contributed by atoms with E-state index in [2.05, 4.69) is 37.4 Å². The van der Waals surface area contributed by atoms with Crippen molar-refractivity contribution in [3.63, 3.8) is 0 Å². The molecular weight excluding hydrogens is 292 g/mol. The lowest BCUT2D eigenvalue weighted by Gasteiger charge is -2.35. The van der Waals surface area contributed by atoms with Crippen molar-refractivity contribution in [2.75, 3.05) is 29.9 Å². The van der Waals surface area contributed by atoms with E-state index >= 15 is 0 Å². The molecule has 114 valence electrons. The Hall–Kier alpha value is -1.63. The average molecular weight is 311 g/mol. The largest absolute Gasteiger partial charge is 0.354 e. The zero-order chi connectivity index (χ0) is 14.8. The van der Waals surface area contributed by atoms with E-state index in [9.17, 15) is 4.79 Å². The molecule has 1 aromatic heterocycles. The van der Waals surface area contributed by atoms with Crippen molar-refractivity contribution >= 4 is 29.4 Å². The summed E-state index contributed by atoms with van der Waals surface area (Å²) in [7, 11) is 0. The summed E-state index contributed by atoms with van der Waals surface area (Å²) in [4.78, 5) is 26.7. The van der Waals surface area contributed by atoms with Crippen molar-refractivity contribution in [2.45, 2.75) is 32.2 Å². The highest BCUT2D eigenvalue weighted by atomic mass is 35.5. The number of carbonyl (C=O) groups is 1. The number of halogens is 1. The third kappa shape index (κ3) is 2.88. The van der Waals surface area contributed by atoms with Gasteiger partial charge in [-0.3, -0.25) is 4.79 Å². The second kappa shape index (κ2) is 6.01. The molecule has 0 aromatic carbocycles. The summed E-state index contributed by atoms with van der Waals surface area (Å²) >= 11 is 6.01. The van der Waals surface area contributed by atoms with Crippen LogP contribution >= 0.6 is 11.6 Å². The predicted octanol–water partition coefficient (Wildman–Crippen LogP) is 1.06. The summed E-state index contributed by atoms with van der Waals surface area (Å²) < 4.78 is 0. The van der Waals surface area contributed by atoms with Crippen LogP contribution < -0.4 is 15.5 Å². The van der Waals surface area contributed by atoms with Crippen LogP contribution in [0, 0.1) is 5.92 Å². The number of fused-ring (bicyclic) bond motifs is 1. The molecule has 8 heteroatoms. The Morgan fingerprint density at radius 1 is 1.43 bits per heavy atom. The van der Waals surface area contributed by atoms with Crippen LogP contribution in [0.1, 0.15) is 26.2 Å². The number of hydrogen-bond donors (Lipinski definition) is 2. The molecule has 2 aliphatic rings. The van der Waals surface area contributed by atoms with E-state index in [4.69, 9.17) is 11.6 Å². The number of rotatable bonds is 4. The van der Waals surface area contributed by atoms with Crippen molar-refractivity contribution in [2.24, 2.45) is 5.92 Å². The normalized spacial score (nSPS) is 24.7. The first-order chi connectivity index (χ1) is 10.2. The number of hydrogen-bond acceptors (Lipinski definition) is 6. The lowest BCUT2D eigenvalue weighted by molar-refractivity contribution is -0.123. The van der Waals surface area contributed by atoms with E-state index in [1.54, 1.807) is 0 Å². The monoisotopic (exact) mass is 310 g/mol. The van der Waals surface area contributed by atoms with E-state index in [1.165, 1.54) is 0 Å². The van der Waals surface area contributed by atoms with Gasteiger partial charge in [0.15, 0.2) is 0 Å². The van der Waals surface area contributed by atoms with Gasteiger partial charge in [0.25, 0.3) is 0 Å². The van der Waals surface area contributed by atoms with Crippen molar-refractivity contribution in [3.8, 4) is 0 Å². The molecule has 7 nitrogen and oxygen atoms in total. The molecule has 0 spiro atoms. The van der Waals surface area contributed by atoms with Crippen LogP contribution in [0.4, 0.5) is 11.9 Å². The number of nitrogens with one attached hydrogen (secondary N) is 2. The van der Waals surface area contributed by atoms with Crippen molar-refractivity contribution in [1.82, 2.24) is 20.3 Å². The molecule has 21 heavy (non-hydrogen) atoms. The van der Waals surface area contributed by atoms with Crippen LogP contribution in [0.3, 0.4) is 0 Å². The van der Waals surface area contributed by atoms with Gasteiger partial charge in [0.1, 0.15) is 0 Å². The van der Waals surface area contributed by atoms with Gasteiger partial charge in [-0.15, -0.1) is 0 Å². The second-order valence-corrected chi connectivity index (χ2v) is 5.75. The molecule has 1 amide bonds. The zero-order valence-corrected chi connectivity index (χ0v) is 12.7. The molecule has 0 bridgehead atoms. The number of aromatic nitrogens is 3. The number of piperidine rings is 1. The van der Waals surface area contributed by atoms with Gasteiger partial charge in [0.2, 0.25) is 23.1 Å². The van der Waals surface area contributed by atoms with Gasteiger partial charge < -0.3 is 15.5 Å². The van der Waals surface area contributed by atoms with E-state index in [0.717, 1.165) is 32.4 Å². The Labute approximate surface area is 128 Å². The molecule has 1 aromatic rings. The minimum Gasteiger partial charge on any atom is -0.354 e. The molecular formula is C13H19ClN6O. The quantitative estimate of drug-likeness (QED) is 0.865. The fourth-order valence-electron chi connectivity index (χ4n) is 2.98. The van der Waals surface area contributed by atoms with Gasteiger partial charge >= 0.3 is 0 Å². The van der Waals surface area contributed by atoms with Crippen LogP contribution in [0.25, 0.3) is 0 Å². The third-order valence-corrected chi connectivity index (χ3v) is 4.16. The van der Waals surface area contributed by atoms with Crippen LogP contribution in [0.5, 0.6) is 0 Å². The average Bonchev–Trinajstić information content (AvgIpc) is 2.86. The number of amides is 1. The maximum absolute atomic E-state index is 11.8. The fraction of sp³-hybridized carbons (Fsp3) is 0.692. The van der Waals surface area contributed by atoms with Crippen LogP contribution in [-0.4, -0.2) is 46.5 Å². The van der Waals surface area contributed by atoms with Crippen molar-refractivity contribution in [3.05, 3.63) is 5.28 Å². The number of nitrogens with zero attached hydrogens (tertiary/aromatic N) is 4. The topological polar surface area (TPSA) is 83.0 Å². The summed E-state index contributed by atoms with van der Waals surface area (Å²) in [6.45, 7) is 4.34. The highest BCUT2D eigenvalue weighted by Crippen LogP contribution is 2.30. The highest BCUT2D eigenvalue weighted by Gasteiger charge is 2.41. The highest BCUT2D eigenvalue weighted by molar-refractivity contribution is 6.28. The van der Waals surface area contributed by atoms with Gasteiger partial charge in [-0.05, 0) is 30.9 Å². The first kappa shape index (κ1) is 14.3. The smallest absolute Gasteiger partial charge is 0.231 e. The molecule has 2 fully saturated rings. The van der Waals surface area contributed by atoms with Crippen molar-refractivity contribution in [1.29, 1.82) is 0 Å². The second-order valence-electron chi connectivity index (χ2n) is 5.41. The Bertz CT molecular complexity index is 539. The van der Waals surface area contributed by atoms with Crippen LogP contribution in [0.15, 0.2) is 0 Å². The van der Waals surface area contributed by atoms with Crippen LogP contribution in [0.2, 0.25) is 5.28 Å². The molecule has 2 unspecified atom stereocenters. The Balaban J connectivity index is 1.85. The predicted molar refractivity (Wildman–Crippen MR) is 80.5 cm³/mol. The summed E-state index contributed by atoms with van der Waals surface area (Å²) in [5.41, 5.74) is 0. The summed E-state index contributed by atoms with van der Waals surface area (Å²) in [6.07, 6.45) is 2.85. The maximum Gasteiger partial charge on any atom is 0.231 e. The van der Waals surface area contributed by atoms with Gasteiger partial charge in [0, 0.05) is 19.6 Å². The molecule has 2 atom stereocenters. The standard InChI is InChI=1S/C13H19ClN6O/c1-2-5-15-12-17-11(14)18-13(19-12)20-6-3-4-8-9(20)7-16-10(8)21/h8-9H,2-7H2,1H3,(H,16,21)(H,15,17,18,19). The minimum absolute atomic E-state index is 0.0290. The lowest BCUT2D eigenvalue weighted by Crippen LogP contribution is -2.46. The van der Waals surface area contributed by atoms with Gasteiger partial charge in [0.05, 0.1) is 12.0 Å². The summed E-state index contributed by atoms with van der Waals surface area (Å²) in [6, 6.07) is 0.115. The summed E-state index contributed by atoms with van der Waals surface area (Å²) in [5.74, 6) is 1.21. The zero-order valence-electron chi connectivity index (χ0n) is 12.0. The fourth-order valence-corrected chi connectivity index (χ4v) is 3.14. The van der Waals surface area contributed by atoms with E-state index in [1.807, 2.05) is 0 Å². The van der Waals surface area contributed by atoms with E-state index < -0.39 is 0 Å². The molecule has 2 N–H and O–H groups in total. The first-order valence-electron chi connectivity index (χ1n) is 7.39. The lowest BCUT2D eigenvalue weighted by atomic mass is 9.92. The Kier molecular flexibility index (Phi) is 4.10. The van der Waals surface area contributed by atoms with Crippen LogP contribution in [-0.2, 0) is 4.79 Å². The molecule has 3 rings (SSSR count). The molecule has 0 aliphatic carbocycles. The summed E-state index contributed by atoms with van der Waals surface area (Å²) in [5, 5.41) is 6.23. The van der Waals surface area contributed by atoms with Crippen molar-refractivity contribution < 1.29 is 4.79 Å². The number of anilines is 2. The molecule has 0 saturated carbocycles. The van der Waals surface area contributed by atoms with E-state index in [-0.39, 0.29) is 23.2 Å². The number of carbonyl (C=O) groups excluding carboxylic acids is 1. The molecule has 2 saturated heterocycles. The van der Waals surface area contributed by atoms with E-state index in [0.29, 0.717) is 18.4 Å². The molecule has 2 aliphatic heterocycles. The third-order valence-electron chi connectivity index (χ3n) is 3.99. The van der Waals surface area contributed by atoms with Gasteiger partial charge in [-0.1, -0.05) is 6.92 Å². The Morgan fingerprint density at radius 2 is 2.29 bits per heavy atom. The molecule has 0 radical (unpaired) electrons. The minimum atomic E-state index is 0.0290. The SMILES string of the molecule is CCCNc1nc(Cl)nc(N2CCCC3C(=O)NCC32)n1. The van der Waals surface area contributed by atoms with Gasteiger partial charge in [-0.25, -0.2) is 0 Å². The first-order valence-corrected chi connectivity index (χ1v) is 7.76.